The van der Waals surface area contributed by atoms with Gasteiger partial charge in [0.05, 0.1) is 0 Å². The smallest absolute Gasteiger partial charge is 0.221 e. The first-order valence-corrected chi connectivity index (χ1v) is 10.7. The summed E-state index contributed by atoms with van der Waals surface area (Å²) in [5.41, 5.74) is 3.55. The van der Waals surface area contributed by atoms with Crippen LogP contribution in [0.2, 0.25) is 0 Å². The van der Waals surface area contributed by atoms with Crippen LogP contribution in [0.3, 0.4) is 0 Å². The molecule has 28 heavy (non-hydrogen) atoms. The first kappa shape index (κ1) is 19.0. The van der Waals surface area contributed by atoms with E-state index in [0.717, 1.165) is 29.7 Å². The highest BCUT2D eigenvalue weighted by atomic mass is 16.5. The lowest BCUT2D eigenvalue weighted by molar-refractivity contribution is -0.114. The van der Waals surface area contributed by atoms with Crippen LogP contribution in [0.1, 0.15) is 63.2 Å². The zero-order chi connectivity index (χ0) is 19.5. The second kappa shape index (κ2) is 8.38. The van der Waals surface area contributed by atoms with E-state index in [0.29, 0.717) is 5.92 Å². The topological polar surface area (TPSA) is 38.3 Å². The van der Waals surface area contributed by atoms with Gasteiger partial charge in [-0.25, -0.2) is 0 Å². The van der Waals surface area contributed by atoms with Gasteiger partial charge in [-0.2, -0.15) is 0 Å². The van der Waals surface area contributed by atoms with E-state index >= 15 is 0 Å². The van der Waals surface area contributed by atoms with Crippen LogP contribution in [0.5, 0.6) is 5.75 Å². The predicted octanol–water partition coefficient (Wildman–Crippen LogP) is 6.15. The minimum absolute atomic E-state index is 0.0621. The molecule has 4 rings (SSSR count). The van der Waals surface area contributed by atoms with Crippen LogP contribution in [0.4, 0.5) is 5.69 Å². The molecule has 4 unspecified atom stereocenters. The zero-order valence-corrected chi connectivity index (χ0v) is 17.0. The van der Waals surface area contributed by atoms with Gasteiger partial charge in [-0.1, -0.05) is 56.5 Å². The molecular formula is C25H31NO2. The van der Waals surface area contributed by atoms with Gasteiger partial charge in [0.2, 0.25) is 5.91 Å². The van der Waals surface area contributed by atoms with Crippen LogP contribution in [-0.4, -0.2) is 5.91 Å². The normalized spacial score (nSPS) is 26.1. The standard InChI is InChI=1S/C25H31NO2/c1-3-18-11-12-19(13-18)14-21-15-20-7-4-5-10-24(20)25(21)28-23-9-6-8-22(16-23)26-17(2)27/h4-10,16,18-19,21,25H,3,11-15H2,1-2H3,(H,26,27). The summed E-state index contributed by atoms with van der Waals surface area (Å²) in [5.74, 6) is 3.05. The molecule has 3 heteroatoms. The number of nitrogens with one attached hydrogen (secondary N) is 1. The Morgan fingerprint density at radius 3 is 2.71 bits per heavy atom. The Kier molecular flexibility index (Phi) is 5.70. The largest absolute Gasteiger partial charge is 0.485 e. The third-order valence-electron chi connectivity index (χ3n) is 6.55. The molecule has 0 aliphatic heterocycles. The molecule has 2 aliphatic rings. The number of benzene rings is 2. The minimum Gasteiger partial charge on any atom is -0.485 e. The summed E-state index contributed by atoms with van der Waals surface area (Å²) in [4.78, 5) is 11.4. The molecule has 0 bridgehead atoms. The SMILES string of the molecule is CCC1CCC(CC2Cc3ccccc3C2Oc2cccc(NC(C)=O)c2)C1. The van der Waals surface area contributed by atoms with Crippen molar-refractivity contribution in [3.8, 4) is 5.75 Å². The molecular weight excluding hydrogens is 346 g/mol. The number of fused-ring (bicyclic) bond motifs is 1. The summed E-state index contributed by atoms with van der Waals surface area (Å²) in [6.45, 7) is 3.86. The number of rotatable bonds is 6. The molecule has 2 aromatic carbocycles. The van der Waals surface area contributed by atoms with Crippen molar-refractivity contribution in [2.75, 3.05) is 5.32 Å². The van der Waals surface area contributed by atoms with Crippen LogP contribution in [0.25, 0.3) is 0 Å². The molecule has 0 saturated heterocycles. The van der Waals surface area contributed by atoms with Crippen molar-refractivity contribution in [3.05, 3.63) is 59.7 Å². The van der Waals surface area contributed by atoms with Crippen molar-refractivity contribution in [3.63, 3.8) is 0 Å². The molecule has 0 heterocycles. The Labute approximate surface area is 168 Å². The maximum Gasteiger partial charge on any atom is 0.221 e. The van der Waals surface area contributed by atoms with Crippen molar-refractivity contribution in [1.29, 1.82) is 0 Å². The van der Waals surface area contributed by atoms with Crippen molar-refractivity contribution >= 4 is 11.6 Å². The zero-order valence-electron chi connectivity index (χ0n) is 17.0. The fourth-order valence-electron chi connectivity index (χ4n) is 5.20. The average Bonchev–Trinajstić information content (AvgIpc) is 3.27. The molecule has 2 aliphatic carbocycles. The third-order valence-corrected chi connectivity index (χ3v) is 6.55. The highest BCUT2D eigenvalue weighted by molar-refractivity contribution is 5.88. The van der Waals surface area contributed by atoms with Gasteiger partial charge >= 0.3 is 0 Å². The lowest BCUT2D eigenvalue weighted by Crippen LogP contribution is -2.17. The monoisotopic (exact) mass is 377 g/mol. The molecule has 1 saturated carbocycles. The fraction of sp³-hybridized carbons (Fsp3) is 0.480. The predicted molar refractivity (Wildman–Crippen MR) is 113 cm³/mol. The van der Waals surface area contributed by atoms with E-state index in [4.69, 9.17) is 4.74 Å². The van der Waals surface area contributed by atoms with Crippen molar-refractivity contribution < 1.29 is 9.53 Å². The highest BCUT2D eigenvalue weighted by Gasteiger charge is 2.37. The first-order valence-electron chi connectivity index (χ1n) is 10.7. The lowest BCUT2D eigenvalue weighted by Gasteiger charge is -2.25. The van der Waals surface area contributed by atoms with E-state index < -0.39 is 0 Å². The molecule has 2 aromatic rings. The van der Waals surface area contributed by atoms with E-state index in [1.165, 1.54) is 50.2 Å². The van der Waals surface area contributed by atoms with Crippen LogP contribution in [-0.2, 0) is 11.2 Å². The van der Waals surface area contributed by atoms with Crippen LogP contribution < -0.4 is 10.1 Å². The van der Waals surface area contributed by atoms with Crippen LogP contribution in [0, 0.1) is 17.8 Å². The Balaban J connectivity index is 1.52. The number of hydrogen-bond acceptors (Lipinski definition) is 2. The van der Waals surface area contributed by atoms with Gasteiger partial charge in [0.25, 0.3) is 0 Å². The summed E-state index contributed by atoms with van der Waals surface area (Å²) in [5, 5.41) is 2.85. The molecule has 1 fully saturated rings. The molecule has 148 valence electrons. The van der Waals surface area contributed by atoms with Gasteiger partial charge < -0.3 is 10.1 Å². The number of ether oxygens (including phenoxy) is 1. The van der Waals surface area contributed by atoms with Gasteiger partial charge in [-0.05, 0) is 54.4 Å². The average molecular weight is 378 g/mol. The number of carbonyl (C=O) groups excluding carboxylic acids is 1. The maximum absolute atomic E-state index is 11.4. The Bertz CT molecular complexity index is 831. The summed E-state index contributed by atoms with van der Waals surface area (Å²) < 4.78 is 6.55. The van der Waals surface area contributed by atoms with E-state index in [9.17, 15) is 4.79 Å². The van der Waals surface area contributed by atoms with Gasteiger partial charge in [0.1, 0.15) is 11.9 Å². The molecule has 4 atom stereocenters. The van der Waals surface area contributed by atoms with E-state index in [2.05, 4.69) is 36.5 Å². The number of anilines is 1. The Morgan fingerprint density at radius 2 is 1.93 bits per heavy atom. The van der Waals surface area contributed by atoms with E-state index in [-0.39, 0.29) is 12.0 Å². The van der Waals surface area contributed by atoms with Crippen LogP contribution >= 0.6 is 0 Å². The van der Waals surface area contributed by atoms with Crippen molar-refractivity contribution in [2.45, 2.75) is 58.5 Å². The second-order valence-corrected chi connectivity index (χ2v) is 8.60. The highest BCUT2D eigenvalue weighted by Crippen LogP contribution is 2.46. The fourth-order valence-corrected chi connectivity index (χ4v) is 5.20. The van der Waals surface area contributed by atoms with Gasteiger partial charge in [-0.3, -0.25) is 4.79 Å². The number of amides is 1. The maximum atomic E-state index is 11.4. The number of carbonyl (C=O) groups is 1. The molecule has 1 amide bonds. The molecule has 3 nitrogen and oxygen atoms in total. The van der Waals surface area contributed by atoms with Gasteiger partial charge in [0, 0.05) is 24.6 Å². The Morgan fingerprint density at radius 1 is 1.11 bits per heavy atom. The molecule has 1 N–H and O–H groups in total. The van der Waals surface area contributed by atoms with Crippen molar-refractivity contribution in [1.82, 2.24) is 0 Å². The second-order valence-electron chi connectivity index (χ2n) is 8.60. The van der Waals surface area contributed by atoms with Gasteiger partial charge in [-0.15, -0.1) is 0 Å². The summed E-state index contributed by atoms with van der Waals surface area (Å²) in [6.07, 6.45) is 7.93. The number of hydrogen-bond donors (Lipinski definition) is 1. The molecule has 0 radical (unpaired) electrons. The minimum atomic E-state index is -0.0621. The van der Waals surface area contributed by atoms with Crippen molar-refractivity contribution in [2.24, 2.45) is 17.8 Å². The van der Waals surface area contributed by atoms with E-state index in [1.54, 1.807) is 0 Å². The van der Waals surface area contributed by atoms with E-state index in [1.807, 2.05) is 24.3 Å². The van der Waals surface area contributed by atoms with Gasteiger partial charge in [0.15, 0.2) is 0 Å². The summed E-state index contributed by atoms with van der Waals surface area (Å²) >= 11 is 0. The molecule has 0 aromatic heterocycles. The first-order chi connectivity index (χ1) is 13.6. The summed E-state index contributed by atoms with van der Waals surface area (Å²) in [7, 11) is 0. The quantitative estimate of drug-likeness (QED) is 0.655. The molecule has 0 spiro atoms. The third kappa shape index (κ3) is 4.24. The Hall–Kier alpha value is -2.29. The lowest BCUT2D eigenvalue weighted by atomic mass is 9.89. The van der Waals surface area contributed by atoms with Crippen LogP contribution in [0.15, 0.2) is 48.5 Å². The summed E-state index contributed by atoms with van der Waals surface area (Å²) in [6, 6.07) is 16.5.